The number of fused-ring (bicyclic) bond motifs is 1. The summed E-state index contributed by atoms with van der Waals surface area (Å²) in [7, 11) is -3.12. The summed E-state index contributed by atoms with van der Waals surface area (Å²) in [6, 6.07) is 0.333. The molecule has 0 saturated carbocycles. The molecule has 5 heterocycles. The monoisotopic (exact) mass is 455 g/mol. The Hall–Kier alpha value is -2.88. The molecule has 0 spiro atoms. The SMILES string of the molecule is [C-]#[N+]CC1(n2cc(-c3ncnc4[nH]ncc34)cn2)CN(C2CCN(S(=O)(=O)CC)CC2)C1. The molecule has 0 unspecified atom stereocenters. The van der Waals surface area contributed by atoms with Crippen LogP contribution in [0, 0.1) is 6.57 Å². The van der Waals surface area contributed by atoms with Gasteiger partial charge in [0.2, 0.25) is 16.6 Å². The molecule has 12 heteroatoms. The minimum absolute atomic E-state index is 0.147. The molecular formula is C20H25N9O2S. The maximum atomic E-state index is 12.1. The number of rotatable bonds is 6. The average Bonchev–Trinajstić information content (AvgIpc) is 3.46. The highest BCUT2D eigenvalue weighted by atomic mass is 32.2. The first kappa shape index (κ1) is 21.0. The normalized spacial score (nSPS) is 20.2. The van der Waals surface area contributed by atoms with E-state index in [4.69, 9.17) is 6.57 Å². The molecule has 168 valence electrons. The fourth-order valence-corrected chi connectivity index (χ4v) is 5.93. The van der Waals surface area contributed by atoms with Gasteiger partial charge in [-0.05, 0) is 19.8 Å². The van der Waals surface area contributed by atoms with Gasteiger partial charge in [-0.15, -0.1) is 0 Å². The van der Waals surface area contributed by atoms with Crippen LogP contribution >= 0.6 is 0 Å². The Labute approximate surface area is 186 Å². The molecule has 5 rings (SSSR count). The van der Waals surface area contributed by atoms with Gasteiger partial charge in [0.05, 0.1) is 29.2 Å². The molecule has 2 saturated heterocycles. The quantitative estimate of drug-likeness (QED) is 0.550. The maximum absolute atomic E-state index is 12.1. The van der Waals surface area contributed by atoms with Crippen molar-refractivity contribution in [2.24, 2.45) is 0 Å². The molecule has 0 bridgehead atoms. The van der Waals surface area contributed by atoms with Gasteiger partial charge in [-0.2, -0.15) is 10.2 Å². The van der Waals surface area contributed by atoms with Crippen molar-refractivity contribution in [3.05, 3.63) is 36.3 Å². The van der Waals surface area contributed by atoms with E-state index in [2.05, 4.69) is 35.0 Å². The summed E-state index contributed by atoms with van der Waals surface area (Å²) in [5.41, 5.74) is 1.91. The molecule has 1 N–H and O–H groups in total. The lowest BCUT2D eigenvalue weighted by atomic mass is 9.86. The molecule has 2 fully saturated rings. The first-order valence-corrected chi connectivity index (χ1v) is 12.3. The number of sulfonamides is 1. The highest BCUT2D eigenvalue weighted by molar-refractivity contribution is 7.89. The Bertz CT molecular complexity index is 1260. The molecule has 3 aromatic rings. The molecule has 11 nitrogen and oxygen atoms in total. The van der Waals surface area contributed by atoms with E-state index in [-0.39, 0.29) is 11.3 Å². The van der Waals surface area contributed by atoms with Gasteiger partial charge in [0.25, 0.3) is 0 Å². The Kier molecular flexibility index (Phi) is 5.19. The maximum Gasteiger partial charge on any atom is 0.242 e. The summed E-state index contributed by atoms with van der Waals surface area (Å²) in [5.74, 6) is 0.147. The van der Waals surface area contributed by atoms with Crippen molar-refractivity contribution in [2.45, 2.75) is 31.3 Å². The van der Waals surface area contributed by atoms with Crippen LogP contribution in [0.15, 0.2) is 24.9 Å². The van der Waals surface area contributed by atoms with E-state index in [0.717, 1.165) is 42.6 Å². The summed E-state index contributed by atoms with van der Waals surface area (Å²) in [6.07, 6.45) is 8.56. The number of aromatic nitrogens is 6. The molecule has 3 aromatic heterocycles. The first-order valence-electron chi connectivity index (χ1n) is 10.7. The molecule has 2 aliphatic heterocycles. The van der Waals surface area contributed by atoms with E-state index in [0.29, 0.717) is 31.3 Å². The predicted octanol–water partition coefficient (Wildman–Crippen LogP) is 0.961. The van der Waals surface area contributed by atoms with Gasteiger partial charge in [-0.1, -0.05) is 0 Å². The fraction of sp³-hybridized carbons (Fsp3) is 0.550. The summed E-state index contributed by atoms with van der Waals surface area (Å²) >= 11 is 0. The molecule has 0 radical (unpaired) electrons. The van der Waals surface area contributed by atoms with Crippen LogP contribution in [0.25, 0.3) is 27.1 Å². The second kappa shape index (κ2) is 7.91. The summed E-state index contributed by atoms with van der Waals surface area (Å²) in [6.45, 7) is 12.1. The van der Waals surface area contributed by atoms with Gasteiger partial charge in [-0.25, -0.2) is 29.3 Å². The molecule has 0 amide bonds. The summed E-state index contributed by atoms with van der Waals surface area (Å²) in [5, 5.41) is 12.3. The largest absolute Gasteiger partial charge is 0.314 e. The lowest BCUT2D eigenvalue weighted by Gasteiger charge is -2.51. The zero-order valence-electron chi connectivity index (χ0n) is 17.8. The Morgan fingerprint density at radius 3 is 2.75 bits per heavy atom. The lowest BCUT2D eigenvalue weighted by Crippen LogP contribution is -2.67. The average molecular weight is 456 g/mol. The summed E-state index contributed by atoms with van der Waals surface area (Å²) in [4.78, 5) is 14.7. The number of hydrogen-bond donors (Lipinski definition) is 1. The molecule has 0 aliphatic carbocycles. The summed E-state index contributed by atoms with van der Waals surface area (Å²) < 4.78 is 27.8. The number of aromatic amines is 1. The van der Waals surface area contributed by atoms with Crippen molar-refractivity contribution in [2.75, 3.05) is 38.5 Å². The highest BCUT2D eigenvalue weighted by Gasteiger charge is 2.51. The van der Waals surface area contributed by atoms with Crippen molar-refractivity contribution < 1.29 is 8.42 Å². The number of likely N-dealkylation sites (tertiary alicyclic amines) is 1. The predicted molar refractivity (Wildman–Crippen MR) is 118 cm³/mol. The number of hydrogen-bond acceptors (Lipinski definition) is 7. The Morgan fingerprint density at radius 1 is 1.25 bits per heavy atom. The minimum Gasteiger partial charge on any atom is -0.314 e. The zero-order valence-corrected chi connectivity index (χ0v) is 18.7. The zero-order chi connectivity index (χ0) is 22.3. The van der Waals surface area contributed by atoms with Crippen molar-refractivity contribution in [3.8, 4) is 11.3 Å². The van der Waals surface area contributed by atoms with E-state index in [1.807, 2.05) is 10.9 Å². The first-order chi connectivity index (χ1) is 15.5. The molecule has 0 aromatic carbocycles. The molecule has 32 heavy (non-hydrogen) atoms. The van der Waals surface area contributed by atoms with Gasteiger partial charge >= 0.3 is 0 Å². The topological polar surface area (TPSA) is 117 Å². The highest BCUT2D eigenvalue weighted by Crippen LogP contribution is 2.35. The van der Waals surface area contributed by atoms with Crippen LogP contribution in [0.5, 0.6) is 0 Å². The van der Waals surface area contributed by atoms with Crippen molar-refractivity contribution in [1.82, 2.24) is 39.2 Å². The van der Waals surface area contributed by atoms with Gasteiger partial charge in [0.15, 0.2) is 11.2 Å². The number of nitrogens with one attached hydrogen (secondary N) is 1. The smallest absolute Gasteiger partial charge is 0.242 e. The minimum atomic E-state index is -3.12. The van der Waals surface area contributed by atoms with Crippen LogP contribution in [-0.4, -0.2) is 92.1 Å². The van der Waals surface area contributed by atoms with E-state index < -0.39 is 10.0 Å². The van der Waals surface area contributed by atoms with Gasteiger partial charge in [0.1, 0.15) is 6.33 Å². The third kappa shape index (κ3) is 3.46. The molecular weight excluding hydrogens is 430 g/mol. The Balaban J connectivity index is 1.31. The number of nitrogens with zero attached hydrogens (tertiary/aromatic N) is 8. The van der Waals surface area contributed by atoms with E-state index in [1.54, 1.807) is 23.6 Å². The van der Waals surface area contributed by atoms with Crippen LogP contribution in [0.1, 0.15) is 19.8 Å². The third-order valence-corrected chi connectivity index (χ3v) is 8.54. The van der Waals surface area contributed by atoms with Crippen molar-refractivity contribution in [1.29, 1.82) is 0 Å². The van der Waals surface area contributed by atoms with E-state index in [9.17, 15) is 8.42 Å². The van der Waals surface area contributed by atoms with Crippen molar-refractivity contribution >= 4 is 21.1 Å². The van der Waals surface area contributed by atoms with Gasteiger partial charge < -0.3 is 4.85 Å². The third-order valence-electron chi connectivity index (χ3n) is 6.66. The fourth-order valence-electron chi connectivity index (χ4n) is 4.80. The van der Waals surface area contributed by atoms with Crippen LogP contribution in [-0.2, 0) is 15.6 Å². The lowest BCUT2D eigenvalue weighted by molar-refractivity contribution is -0.0312. The van der Waals surface area contributed by atoms with Crippen molar-refractivity contribution in [3.63, 3.8) is 0 Å². The number of H-pyrrole nitrogens is 1. The second-order valence-corrected chi connectivity index (χ2v) is 10.8. The van der Waals surface area contributed by atoms with Crippen LogP contribution in [0.2, 0.25) is 0 Å². The standard InChI is InChI=1S/C20H25N9O2S/c1-3-32(30,31)28-6-4-16(5-7-28)27-12-20(13-27,11-21-2)29-10-15(8-25-29)18-17-9-24-26-19(17)23-14-22-18/h8-10,14,16H,3-7,11-13H2,1H3,(H,22,23,24,26). The Morgan fingerprint density at radius 2 is 2.03 bits per heavy atom. The van der Waals surface area contributed by atoms with Crippen LogP contribution in [0.3, 0.4) is 0 Å². The molecule has 0 atom stereocenters. The van der Waals surface area contributed by atoms with Crippen LogP contribution < -0.4 is 0 Å². The van der Waals surface area contributed by atoms with E-state index >= 15 is 0 Å². The second-order valence-electron chi connectivity index (χ2n) is 8.50. The van der Waals surface area contributed by atoms with Crippen LogP contribution in [0.4, 0.5) is 0 Å². The molecule has 2 aliphatic rings. The number of piperidine rings is 1. The van der Waals surface area contributed by atoms with Gasteiger partial charge in [-0.3, -0.25) is 14.7 Å². The van der Waals surface area contributed by atoms with Gasteiger partial charge in [0, 0.05) is 44.0 Å². The van der Waals surface area contributed by atoms with E-state index in [1.165, 1.54) is 6.33 Å².